The quantitative estimate of drug-likeness (QED) is 0.892. The predicted molar refractivity (Wildman–Crippen MR) is 76.4 cm³/mol. The number of nitriles is 1. The number of carboxylic acids is 1. The van der Waals surface area contributed by atoms with Crippen molar-refractivity contribution in [3.63, 3.8) is 0 Å². The minimum Gasteiger partial charge on any atom is -0.480 e. The Morgan fingerprint density at radius 1 is 1.25 bits per heavy atom. The summed E-state index contributed by atoms with van der Waals surface area (Å²) in [5.41, 5.74) is 1.38. The van der Waals surface area contributed by atoms with Gasteiger partial charge in [-0.05, 0) is 30.9 Å². The minimum absolute atomic E-state index is 0.210. The number of benzene rings is 2. The van der Waals surface area contributed by atoms with E-state index in [0.29, 0.717) is 5.56 Å². The normalized spacial score (nSPS) is 15.6. The Kier molecular flexibility index (Phi) is 3.03. The second kappa shape index (κ2) is 4.86. The number of carboxylic acid groups (broad SMARTS) is 1. The summed E-state index contributed by atoms with van der Waals surface area (Å²) < 4.78 is 0. The van der Waals surface area contributed by atoms with E-state index in [0.717, 1.165) is 29.3 Å². The van der Waals surface area contributed by atoms with Crippen molar-refractivity contribution in [3.05, 3.63) is 42.0 Å². The van der Waals surface area contributed by atoms with Crippen molar-refractivity contribution in [1.29, 1.82) is 5.26 Å². The van der Waals surface area contributed by atoms with Gasteiger partial charge in [0.1, 0.15) is 6.04 Å². The van der Waals surface area contributed by atoms with E-state index in [1.807, 2.05) is 24.3 Å². The van der Waals surface area contributed by atoms with Crippen LogP contribution in [0.25, 0.3) is 10.8 Å². The fourth-order valence-electron chi connectivity index (χ4n) is 2.50. The lowest BCUT2D eigenvalue weighted by Crippen LogP contribution is -2.31. The van der Waals surface area contributed by atoms with Gasteiger partial charge in [-0.25, -0.2) is 4.79 Å². The molecule has 0 aromatic heterocycles. The van der Waals surface area contributed by atoms with Gasteiger partial charge in [0, 0.05) is 16.5 Å². The maximum Gasteiger partial charge on any atom is 0.326 e. The van der Waals surface area contributed by atoms with Crippen LogP contribution in [0.5, 0.6) is 0 Å². The molecule has 1 atom stereocenters. The Morgan fingerprint density at radius 2 is 1.95 bits per heavy atom. The highest BCUT2D eigenvalue weighted by molar-refractivity contribution is 5.98. The fraction of sp³-hybridized carbons (Fsp3) is 0.250. The van der Waals surface area contributed by atoms with Gasteiger partial charge in [0.05, 0.1) is 11.6 Å². The molecule has 0 heterocycles. The Bertz CT molecular complexity index is 714. The Hall–Kier alpha value is -2.54. The molecule has 1 fully saturated rings. The van der Waals surface area contributed by atoms with Crippen molar-refractivity contribution < 1.29 is 9.90 Å². The number of fused-ring (bicyclic) bond motifs is 1. The van der Waals surface area contributed by atoms with Crippen molar-refractivity contribution in [2.24, 2.45) is 5.92 Å². The first-order valence-electron chi connectivity index (χ1n) is 6.62. The maximum atomic E-state index is 11.3. The Balaban J connectivity index is 2.04. The summed E-state index contributed by atoms with van der Waals surface area (Å²) in [6, 6.07) is 12.7. The van der Waals surface area contributed by atoms with Crippen molar-refractivity contribution >= 4 is 22.4 Å². The highest BCUT2D eigenvalue weighted by Gasteiger charge is 2.36. The van der Waals surface area contributed by atoms with Crippen LogP contribution >= 0.6 is 0 Å². The second-order valence-electron chi connectivity index (χ2n) is 5.12. The first-order chi connectivity index (χ1) is 9.70. The minimum atomic E-state index is -0.819. The van der Waals surface area contributed by atoms with Crippen LogP contribution in [0, 0.1) is 17.2 Å². The monoisotopic (exact) mass is 266 g/mol. The first kappa shape index (κ1) is 12.5. The van der Waals surface area contributed by atoms with E-state index in [9.17, 15) is 9.90 Å². The standard InChI is InChI=1S/C16H14N2O2/c17-9-11-7-8-14(13-4-2-1-3-12(11)13)18-15(16(19)20)10-5-6-10/h1-4,7-8,10,15,18H,5-6H2,(H,19,20). The van der Waals surface area contributed by atoms with E-state index in [-0.39, 0.29) is 5.92 Å². The van der Waals surface area contributed by atoms with E-state index in [1.165, 1.54) is 0 Å². The molecule has 100 valence electrons. The van der Waals surface area contributed by atoms with E-state index in [1.54, 1.807) is 12.1 Å². The molecule has 0 spiro atoms. The number of hydrogen-bond donors (Lipinski definition) is 2. The van der Waals surface area contributed by atoms with Gasteiger partial charge >= 0.3 is 5.97 Å². The third kappa shape index (κ3) is 2.19. The van der Waals surface area contributed by atoms with Crippen LogP contribution < -0.4 is 5.32 Å². The number of hydrogen-bond acceptors (Lipinski definition) is 3. The summed E-state index contributed by atoms with van der Waals surface area (Å²) >= 11 is 0. The summed E-state index contributed by atoms with van der Waals surface area (Å²) in [6.45, 7) is 0. The van der Waals surface area contributed by atoms with Crippen LogP contribution in [0.15, 0.2) is 36.4 Å². The predicted octanol–water partition coefficient (Wildman–Crippen LogP) is 2.99. The third-order valence-corrected chi connectivity index (χ3v) is 3.71. The van der Waals surface area contributed by atoms with Crippen molar-refractivity contribution in [3.8, 4) is 6.07 Å². The number of anilines is 1. The zero-order chi connectivity index (χ0) is 14.1. The van der Waals surface area contributed by atoms with Crippen molar-refractivity contribution in [2.75, 3.05) is 5.32 Å². The fourth-order valence-corrected chi connectivity index (χ4v) is 2.50. The molecule has 2 aromatic carbocycles. The first-order valence-corrected chi connectivity index (χ1v) is 6.62. The third-order valence-electron chi connectivity index (χ3n) is 3.71. The molecule has 2 aromatic rings. The zero-order valence-electron chi connectivity index (χ0n) is 10.8. The van der Waals surface area contributed by atoms with Crippen LogP contribution in [0.1, 0.15) is 18.4 Å². The summed E-state index contributed by atoms with van der Waals surface area (Å²) in [4.78, 5) is 11.3. The maximum absolute atomic E-state index is 11.3. The number of nitrogens with one attached hydrogen (secondary N) is 1. The summed E-state index contributed by atoms with van der Waals surface area (Å²) in [7, 11) is 0. The molecule has 0 bridgehead atoms. The van der Waals surface area contributed by atoms with Crippen molar-refractivity contribution in [1.82, 2.24) is 0 Å². The van der Waals surface area contributed by atoms with Gasteiger partial charge < -0.3 is 10.4 Å². The number of rotatable bonds is 4. The lowest BCUT2D eigenvalue weighted by molar-refractivity contribution is -0.138. The smallest absolute Gasteiger partial charge is 0.326 e. The molecule has 0 amide bonds. The van der Waals surface area contributed by atoms with Gasteiger partial charge in [0.2, 0.25) is 0 Å². The molecule has 0 radical (unpaired) electrons. The van der Waals surface area contributed by atoms with E-state index in [4.69, 9.17) is 5.26 Å². The van der Waals surface area contributed by atoms with Crippen LogP contribution in [0.4, 0.5) is 5.69 Å². The molecule has 20 heavy (non-hydrogen) atoms. The molecule has 1 aliphatic carbocycles. The van der Waals surface area contributed by atoms with Crippen LogP contribution in [0.3, 0.4) is 0 Å². The van der Waals surface area contributed by atoms with E-state index >= 15 is 0 Å². The van der Waals surface area contributed by atoms with Gasteiger partial charge in [0.15, 0.2) is 0 Å². The molecule has 1 saturated carbocycles. The number of nitrogens with zero attached hydrogens (tertiary/aromatic N) is 1. The van der Waals surface area contributed by atoms with Crippen LogP contribution in [0.2, 0.25) is 0 Å². The molecular weight excluding hydrogens is 252 g/mol. The molecular formula is C16H14N2O2. The molecule has 3 rings (SSSR count). The summed E-state index contributed by atoms with van der Waals surface area (Å²) in [6.07, 6.45) is 1.91. The average Bonchev–Trinajstić information content (AvgIpc) is 3.28. The second-order valence-corrected chi connectivity index (χ2v) is 5.12. The largest absolute Gasteiger partial charge is 0.480 e. The van der Waals surface area contributed by atoms with Crippen LogP contribution in [-0.2, 0) is 4.79 Å². The van der Waals surface area contributed by atoms with Gasteiger partial charge in [-0.2, -0.15) is 5.26 Å². The lowest BCUT2D eigenvalue weighted by Gasteiger charge is -2.17. The Morgan fingerprint density at radius 3 is 2.55 bits per heavy atom. The highest BCUT2D eigenvalue weighted by Crippen LogP contribution is 2.36. The summed E-state index contributed by atoms with van der Waals surface area (Å²) in [5, 5.41) is 23.3. The zero-order valence-corrected chi connectivity index (χ0v) is 10.8. The average molecular weight is 266 g/mol. The number of carbonyl (C=O) groups is 1. The van der Waals surface area contributed by atoms with E-state index in [2.05, 4.69) is 11.4 Å². The lowest BCUT2D eigenvalue weighted by atomic mass is 10.0. The molecule has 4 nitrogen and oxygen atoms in total. The molecule has 0 saturated heterocycles. The van der Waals surface area contributed by atoms with Gasteiger partial charge in [-0.1, -0.05) is 24.3 Å². The topological polar surface area (TPSA) is 73.1 Å². The number of aliphatic carboxylic acids is 1. The Labute approximate surface area is 116 Å². The highest BCUT2D eigenvalue weighted by atomic mass is 16.4. The van der Waals surface area contributed by atoms with E-state index < -0.39 is 12.0 Å². The molecule has 1 unspecified atom stereocenters. The van der Waals surface area contributed by atoms with Crippen molar-refractivity contribution in [2.45, 2.75) is 18.9 Å². The van der Waals surface area contributed by atoms with Gasteiger partial charge in [0.25, 0.3) is 0 Å². The molecule has 4 heteroatoms. The van der Waals surface area contributed by atoms with Gasteiger partial charge in [-0.15, -0.1) is 0 Å². The van der Waals surface area contributed by atoms with Gasteiger partial charge in [-0.3, -0.25) is 0 Å². The molecule has 1 aliphatic rings. The molecule has 0 aliphatic heterocycles. The summed E-state index contributed by atoms with van der Waals surface area (Å²) in [5.74, 6) is -0.608. The SMILES string of the molecule is N#Cc1ccc(NC(C(=O)O)C2CC2)c2ccccc12. The molecule has 2 N–H and O–H groups in total. The van der Waals surface area contributed by atoms with Crippen LogP contribution in [-0.4, -0.2) is 17.1 Å².